The fourth-order valence-electron chi connectivity index (χ4n) is 3.89. The van der Waals surface area contributed by atoms with Crippen LogP contribution < -0.4 is 5.32 Å². The number of terminal acetylenes is 1. The molecule has 106 valence electrons. The number of hydrogen-bond donors (Lipinski definition) is 1. The molecule has 0 aromatic carbocycles. The normalized spacial score (nSPS) is 31.9. The van der Waals surface area contributed by atoms with Gasteiger partial charge >= 0.3 is 0 Å². The van der Waals surface area contributed by atoms with Crippen molar-refractivity contribution in [2.24, 2.45) is 17.8 Å². The number of hydrogen-bond acceptors (Lipinski definition) is 1. The summed E-state index contributed by atoms with van der Waals surface area (Å²) in [6.07, 6.45) is 16.3. The lowest BCUT2D eigenvalue weighted by atomic mass is 9.67. The van der Waals surface area contributed by atoms with Gasteiger partial charge in [0.2, 0.25) is 5.91 Å². The van der Waals surface area contributed by atoms with E-state index in [0.29, 0.717) is 0 Å². The predicted octanol–water partition coefficient (Wildman–Crippen LogP) is 3.51. The molecule has 0 aromatic rings. The topological polar surface area (TPSA) is 29.1 Å². The van der Waals surface area contributed by atoms with Crippen LogP contribution in [0.3, 0.4) is 0 Å². The van der Waals surface area contributed by atoms with Crippen LogP contribution in [0.5, 0.6) is 0 Å². The third-order valence-electron chi connectivity index (χ3n) is 5.01. The van der Waals surface area contributed by atoms with Crippen LogP contribution in [-0.4, -0.2) is 11.9 Å². The number of carbonyl (C=O) groups is 1. The molecule has 1 amide bonds. The predicted molar refractivity (Wildman–Crippen MR) is 78.5 cm³/mol. The van der Waals surface area contributed by atoms with E-state index in [2.05, 4.69) is 18.2 Å². The smallest absolute Gasteiger partial charge is 0.224 e. The lowest BCUT2D eigenvalue weighted by Gasteiger charge is -2.39. The molecule has 0 bridgehead atoms. The summed E-state index contributed by atoms with van der Waals surface area (Å²) in [6.45, 7) is 2.10. The molecule has 2 saturated carbocycles. The van der Waals surface area contributed by atoms with Gasteiger partial charge in [-0.15, -0.1) is 6.42 Å². The fourth-order valence-corrected chi connectivity index (χ4v) is 3.89. The van der Waals surface area contributed by atoms with Gasteiger partial charge in [-0.25, -0.2) is 0 Å². The zero-order chi connectivity index (χ0) is 13.7. The molecule has 1 N–H and O–H groups in total. The number of rotatable bonds is 4. The van der Waals surface area contributed by atoms with E-state index in [-0.39, 0.29) is 17.9 Å². The second kappa shape index (κ2) is 6.98. The maximum Gasteiger partial charge on any atom is 0.224 e. The van der Waals surface area contributed by atoms with Crippen molar-refractivity contribution in [2.75, 3.05) is 0 Å². The molecule has 0 aromatic heterocycles. The van der Waals surface area contributed by atoms with E-state index >= 15 is 0 Å². The van der Waals surface area contributed by atoms with Crippen LogP contribution in [0, 0.1) is 30.1 Å². The van der Waals surface area contributed by atoms with Crippen molar-refractivity contribution in [1.29, 1.82) is 0 Å². The van der Waals surface area contributed by atoms with E-state index in [9.17, 15) is 4.79 Å². The Morgan fingerprint density at radius 2 is 2.00 bits per heavy atom. The first-order valence-corrected chi connectivity index (χ1v) is 8.01. The number of nitrogens with one attached hydrogen (secondary N) is 1. The van der Waals surface area contributed by atoms with Crippen LogP contribution in [0.25, 0.3) is 0 Å². The summed E-state index contributed by atoms with van der Waals surface area (Å²) < 4.78 is 0. The van der Waals surface area contributed by atoms with Crippen molar-refractivity contribution in [2.45, 2.75) is 70.8 Å². The van der Waals surface area contributed by atoms with Crippen LogP contribution in [0.15, 0.2) is 0 Å². The second-order valence-corrected chi connectivity index (χ2v) is 6.33. The summed E-state index contributed by atoms with van der Waals surface area (Å²) in [5, 5.41) is 3.06. The van der Waals surface area contributed by atoms with E-state index in [4.69, 9.17) is 6.42 Å². The van der Waals surface area contributed by atoms with Crippen molar-refractivity contribution < 1.29 is 4.79 Å². The Morgan fingerprint density at radius 3 is 2.68 bits per heavy atom. The fraction of sp³-hybridized carbons (Fsp3) is 0.824. The zero-order valence-corrected chi connectivity index (χ0v) is 12.2. The van der Waals surface area contributed by atoms with E-state index in [1.807, 2.05) is 0 Å². The highest BCUT2D eigenvalue weighted by Gasteiger charge is 2.35. The summed E-state index contributed by atoms with van der Waals surface area (Å²) in [6, 6.07) is -0.0680. The first kappa shape index (κ1) is 14.4. The highest BCUT2D eigenvalue weighted by molar-refractivity contribution is 5.79. The molecule has 2 fully saturated rings. The molecular formula is C17H27NO. The molecule has 19 heavy (non-hydrogen) atoms. The minimum Gasteiger partial charge on any atom is -0.342 e. The Balaban J connectivity index is 1.84. The number of amides is 1. The van der Waals surface area contributed by atoms with Crippen molar-refractivity contribution in [3.8, 4) is 12.3 Å². The van der Waals surface area contributed by atoms with Crippen LogP contribution in [0.1, 0.15) is 64.7 Å². The first-order chi connectivity index (χ1) is 9.24. The SMILES string of the molecule is C#CC(CCC)NC(=O)C1CCC2CCCCC2C1. The van der Waals surface area contributed by atoms with Gasteiger partial charge in [-0.05, 0) is 37.5 Å². The average Bonchev–Trinajstić information content (AvgIpc) is 2.46. The highest BCUT2D eigenvalue weighted by atomic mass is 16.1. The van der Waals surface area contributed by atoms with Gasteiger partial charge in [0.25, 0.3) is 0 Å². The van der Waals surface area contributed by atoms with Gasteiger partial charge in [-0.2, -0.15) is 0 Å². The molecule has 2 aliphatic rings. The van der Waals surface area contributed by atoms with Crippen molar-refractivity contribution in [3.63, 3.8) is 0 Å². The Kier molecular flexibility index (Phi) is 5.31. The Hall–Kier alpha value is -0.970. The molecule has 2 nitrogen and oxygen atoms in total. The molecular weight excluding hydrogens is 234 g/mol. The number of fused-ring (bicyclic) bond motifs is 1. The van der Waals surface area contributed by atoms with Gasteiger partial charge in [0, 0.05) is 5.92 Å². The Labute approximate surface area is 117 Å². The van der Waals surface area contributed by atoms with E-state index in [1.165, 1.54) is 32.1 Å². The monoisotopic (exact) mass is 261 g/mol. The van der Waals surface area contributed by atoms with Crippen LogP contribution in [0.2, 0.25) is 0 Å². The van der Waals surface area contributed by atoms with Crippen molar-refractivity contribution >= 4 is 5.91 Å². The molecule has 4 atom stereocenters. The van der Waals surface area contributed by atoms with Gasteiger partial charge in [-0.1, -0.05) is 44.9 Å². The molecule has 4 unspecified atom stereocenters. The quantitative estimate of drug-likeness (QED) is 0.771. The minimum atomic E-state index is -0.0680. The number of carbonyl (C=O) groups excluding carboxylic acids is 1. The largest absolute Gasteiger partial charge is 0.342 e. The minimum absolute atomic E-state index is 0.0680. The molecule has 0 radical (unpaired) electrons. The Bertz CT molecular complexity index is 344. The Morgan fingerprint density at radius 1 is 1.26 bits per heavy atom. The van der Waals surface area contributed by atoms with E-state index in [1.54, 1.807) is 0 Å². The van der Waals surface area contributed by atoms with Gasteiger partial charge in [-0.3, -0.25) is 4.79 Å². The molecule has 2 aliphatic carbocycles. The maximum atomic E-state index is 12.3. The highest BCUT2D eigenvalue weighted by Crippen LogP contribution is 2.42. The van der Waals surface area contributed by atoms with Gasteiger partial charge in [0.1, 0.15) is 0 Å². The lowest BCUT2D eigenvalue weighted by molar-refractivity contribution is -0.127. The van der Waals surface area contributed by atoms with Crippen molar-refractivity contribution in [1.82, 2.24) is 5.32 Å². The standard InChI is InChI=1S/C17H27NO/c1-3-7-16(4-2)18-17(19)15-11-10-13-8-5-6-9-14(13)12-15/h2,13-16H,3,5-12H2,1H3,(H,18,19). The van der Waals surface area contributed by atoms with E-state index in [0.717, 1.165) is 37.5 Å². The van der Waals surface area contributed by atoms with Crippen molar-refractivity contribution in [3.05, 3.63) is 0 Å². The molecule has 2 heteroatoms. The molecule has 0 aliphatic heterocycles. The third kappa shape index (κ3) is 3.75. The van der Waals surface area contributed by atoms with Crippen LogP contribution in [0.4, 0.5) is 0 Å². The molecule has 2 rings (SSSR count). The molecule has 0 spiro atoms. The lowest BCUT2D eigenvalue weighted by Crippen LogP contribution is -2.41. The average molecular weight is 261 g/mol. The van der Waals surface area contributed by atoms with Gasteiger partial charge in [0.15, 0.2) is 0 Å². The maximum absolute atomic E-state index is 12.3. The van der Waals surface area contributed by atoms with Gasteiger partial charge in [0.05, 0.1) is 6.04 Å². The summed E-state index contributed by atoms with van der Waals surface area (Å²) in [5.74, 6) is 4.82. The zero-order valence-electron chi connectivity index (χ0n) is 12.2. The van der Waals surface area contributed by atoms with Gasteiger partial charge < -0.3 is 5.32 Å². The molecule has 0 saturated heterocycles. The van der Waals surface area contributed by atoms with Crippen LogP contribution >= 0.6 is 0 Å². The summed E-state index contributed by atoms with van der Waals surface area (Å²) in [7, 11) is 0. The molecule has 0 heterocycles. The third-order valence-corrected chi connectivity index (χ3v) is 5.01. The first-order valence-electron chi connectivity index (χ1n) is 8.01. The second-order valence-electron chi connectivity index (χ2n) is 6.33. The van der Waals surface area contributed by atoms with Crippen LogP contribution in [-0.2, 0) is 4.79 Å². The summed E-state index contributed by atoms with van der Waals surface area (Å²) >= 11 is 0. The van der Waals surface area contributed by atoms with E-state index < -0.39 is 0 Å². The summed E-state index contributed by atoms with van der Waals surface area (Å²) in [4.78, 5) is 12.3. The summed E-state index contributed by atoms with van der Waals surface area (Å²) in [5.41, 5.74) is 0.